The molecule has 2 aromatic carbocycles. The fraction of sp³-hybridized carbons (Fsp3) is 0.290. The van der Waals surface area contributed by atoms with E-state index in [-0.39, 0.29) is 5.97 Å². The van der Waals surface area contributed by atoms with Crippen molar-refractivity contribution in [2.75, 3.05) is 0 Å². The van der Waals surface area contributed by atoms with Crippen molar-refractivity contribution in [1.82, 2.24) is 0 Å². The summed E-state index contributed by atoms with van der Waals surface area (Å²) in [6.07, 6.45) is 5.50. The molecular formula is C31H40O2PSi2. The fourth-order valence-electron chi connectivity index (χ4n) is 4.53. The second kappa shape index (κ2) is 12.2. The third kappa shape index (κ3) is 8.13. The van der Waals surface area contributed by atoms with Gasteiger partial charge in [-0.15, -0.1) is 0 Å². The molecule has 2 nitrogen and oxygen atoms in total. The second-order valence-corrected chi connectivity index (χ2v) is 25.0. The predicted molar refractivity (Wildman–Crippen MR) is 163 cm³/mol. The summed E-state index contributed by atoms with van der Waals surface area (Å²) >= 11 is 0. The first-order valence-electron chi connectivity index (χ1n) is 12.6. The Morgan fingerprint density at radius 3 is 1.64 bits per heavy atom. The molecule has 1 fully saturated rings. The van der Waals surface area contributed by atoms with Crippen LogP contribution in [0.1, 0.15) is 0 Å². The normalized spacial score (nSPS) is 15.4. The average Bonchev–Trinajstić information content (AvgIpc) is 3.26. The van der Waals surface area contributed by atoms with E-state index in [9.17, 15) is 4.79 Å². The van der Waals surface area contributed by atoms with Crippen molar-refractivity contribution >= 4 is 40.6 Å². The van der Waals surface area contributed by atoms with Gasteiger partial charge in [-0.2, -0.15) is 0 Å². The van der Waals surface area contributed by atoms with Gasteiger partial charge >= 0.3 is 5.97 Å². The lowest BCUT2D eigenvalue weighted by molar-refractivity contribution is -0.142. The van der Waals surface area contributed by atoms with Crippen LogP contribution in [0.25, 0.3) is 0 Å². The van der Waals surface area contributed by atoms with E-state index in [2.05, 4.69) is 107 Å². The summed E-state index contributed by atoms with van der Waals surface area (Å²) in [5, 5.41) is 2.42. The summed E-state index contributed by atoms with van der Waals surface area (Å²) < 4.78 is 6.29. The molecule has 1 aliphatic rings. The van der Waals surface area contributed by atoms with E-state index >= 15 is 0 Å². The Balaban J connectivity index is 1.89. The van der Waals surface area contributed by atoms with Crippen LogP contribution >= 0.6 is 7.92 Å². The minimum atomic E-state index is -1.44. The summed E-state index contributed by atoms with van der Waals surface area (Å²) in [5.74, 6) is 0.355. The van der Waals surface area contributed by atoms with Gasteiger partial charge in [0.2, 0.25) is 0 Å². The molecule has 0 bridgehead atoms. The van der Waals surface area contributed by atoms with Crippen LogP contribution in [-0.4, -0.2) is 28.2 Å². The highest BCUT2D eigenvalue weighted by atomic mass is 31.1. The van der Waals surface area contributed by atoms with Gasteiger partial charge in [-0.05, 0) is 61.0 Å². The molecule has 0 amide bonds. The molecule has 5 radical (unpaired) electrons. The fourth-order valence-corrected chi connectivity index (χ4v) is 10.1. The van der Waals surface area contributed by atoms with Gasteiger partial charge < -0.3 is 4.74 Å². The molecule has 189 valence electrons. The van der Waals surface area contributed by atoms with Gasteiger partial charge in [-0.25, -0.2) is 0 Å². The molecule has 0 saturated heterocycles. The van der Waals surface area contributed by atoms with Crippen molar-refractivity contribution in [2.45, 2.75) is 57.5 Å². The van der Waals surface area contributed by atoms with Crippen LogP contribution < -0.4 is 10.6 Å². The number of carbonyl (C=O) groups excluding carboxylic acids is 1. The van der Waals surface area contributed by atoms with E-state index in [1.54, 1.807) is 0 Å². The lowest BCUT2D eigenvalue weighted by atomic mass is 10.1. The number of rotatable bonds is 11. The molecule has 0 atom stereocenters. The van der Waals surface area contributed by atoms with E-state index in [0.29, 0.717) is 5.92 Å². The van der Waals surface area contributed by atoms with Crippen LogP contribution in [0.3, 0.4) is 0 Å². The van der Waals surface area contributed by atoms with E-state index < -0.39 is 30.2 Å². The molecule has 2 aromatic rings. The number of hydrogen-bond acceptors (Lipinski definition) is 2. The third-order valence-corrected chi connectivity index (χ3v) is 11.3. The zero-order valence-corrected chi connectivity index (χ0v) is 25.6. The number of carbonyl (C=O) groups is 1. The monoisotopic (exact) mass is 531 g/mol. The lowest BCUT2D eigenvalue weighted by Gasteiger charge is -2.32. The molecule has 1 aliphatic carbocycles. The van der Waals surface area contributed by atoms with Crippen molar-refractivity contribution in [2.24, 2.45) is 0 Å². The molecule has 0 heterocycles. The maximum absolute atomic E-state index is 13.8. The first-order chi connectivity index (χ1) is 16.9. The zero-order valence-electron chi connectivity index (χ0n) is 22.7. The summed E-state index contributed by atoms with van der Waals surface area (Å²) in [6.45, 7) is 22.7. The van der Waals surface area contributed by atoms with Crippen molar-refractivity contribution in [3.63, 3.8) is 0 Å². The zero-order chi connectivity index (χ0) is 26.5. The third-order valence-electron chi connectivity index (χ3n) is 5.76. The highest BCUT2D eigenvalue weighted by Crippen LogP contribution is 2.56. The highest BCUT2D eigenvalue weighted by molar-refractivity contribution is 7.76. The first-order valence-corrected chi connectivity index (χ1v) is 21.3. The molecule has 0 aromatic heterocycles. The minimum absolute atomic E-state index is 0.284. The van der Waals surface area contributed by atoms with Crippen LogP contribution in [0.5, 0.6) is 0 Å². The van der Waals surface area contributed by atoms with Gasteiger partial charge in [0.1, 0.15) is 12.0 Å². The van der Waals surface area contributed by atoms with Crippen molar-refractivity contribution in [3.05, 3.63) is 116 Å². The molecule has 3 rings (SSSR count). The standard InChI is InChI=1S/C31H40O2PSi2/c1-24(22-35(3,4)5)30(25(2)23-36(6,7)8)33-31(32)28-20-15-21-29(28)34(26-16-11-9-12-17-26)27-18-13-10-14-19-27/h9-21,30H,1-2,22-23H2,3-8H3. The van der Waals surface area contributed by atoms with Gasteiger partial charge in [0, 0.05) is 21.8 Å². The summed E-state index contributed by atoms with van der Waals surface area (Å²) in [7, 11) is -3.77. The Labute approximate surface area is 223 Å². The molecule has 36 heavy (non-hydrogen) atoms. The van der Waals surface area contributed by atoms with Gasteiger partial charge in [0.25, 0.3) is 0 Å². The average molecular weight is 532 g/mol. The van der Waals surface area contributed by atoms with Crippen molar-refractivity contribution in [3.8, 4) is 0 Å². The Morgan fingerprint density at radius 1 is 0.778 bits per heavy atom. The topological polar surface area (TPSA) is 26.3 Å². The predicted octanol–water partition coefficient (Wildman–Crippen LogP) is 7.55. The lowest BCUT2D eigenvalue weighted by Crippen LogP contribution is -2.33. The minimum Gasteiger partial charge on any atom is -0.453 e. The van der Waals surface area contributed by atoms with Crippen molar-refractivity contribution < 1.29 is 9.53 Å². The quantitative estimate of drug-likeness (QED) is 0.129. The molecule has 0 N–H and O–H groups in total. The number of ether oxygens (including phenoxy) is 1. The maximum atomic E-state index is 13.8. The van der Waals surface area contributed by atoms with E-state index in [0.717, 1.165) is 28.9 Å². The smallest absolute Gasteiger partial charge is 0.315 e. The molecule has 5 heteroatoms. The van der Waals surface area contributed by atoms with Crippen LogP contribution in [0.4, 0.5) is 0 Å². The molecule has 0 unspecified atom stereocenters. The first kappa shape index (κ1) is 28.8. The largest absolute Gasteiger partial charge is 0.453 e. The SMILES string of the molecule is C=C(C[Si](C)(C)C)C(OC(=O)[C]1[CH][CH][CH][C]1P(c1ccccc1)c1ccccc1)C(=C)C[Si](C)(C)C. The number of benzene rings is 2. The maximum Gasteiger partial charge on any atom is 0.315 e. The molecule has 0 aliphatic heterocycles. The van der Waals surface area contributed by atoms with Gasteiger partial charge in [0.05, 0.1) is 0 Å². The Bertz CT molecular complexity index is 970. The Hall–Kier alpha value is -1.75. The second-order valence-electron chi connectivity index (χ2n) is 11.9. The van der Waals surface area contributed by atoms with Crippen LogP contribution in [0.2, 0.25) is 51.4 Å². The van der Waals surface area contributed by atoms with Crippen molar-refractivity contribution in [1.29, 1.82) is 0 Å². The van der Waals surface area contributed by atoms with E-state index in [1.165, 1.54) is 10.6 Å². The Kier molecular flexibility index (Phi) is 9.77. The molecule has 0 spiro atoms. The van der Waals surface area contributed by atoms with Gasteiger partial charge in [-0.3, -0.25) is 4.79 Å². The van der Waals surface area contributed by atoms with Crippen LogP contribution in [-0.2, 0) is 9.53 Å². The summed E-state index contributed by atoms with van der Waals surface area (Å²) in [4.78, 5) is 13.8. The summed E-state index contributed by atoms with van der Waals surface area (Å²) in [5.41, 5.74) is 2.98. The Morgan fingerprint density at radius 2 is 1.22 bits per heavy atom. The molecular weight excluding hydrogens is 491 g/mol. The summed E-state index contributed by atoms with van der Waals surface area (Å²) in [6, 6.07) is 22.7. The van der Waals surface area contributed by atoms with Gasteiger partial charge in [-0.1, -0.05) is 113 Å². The highest BCUT2D eigenvalue weighted by Gasteiger charge is 2.43. The molecule has 1 saturated carbocycles. The van der Waals surface area contributed by atoms with Crippen LogP contribution in [0, 0.1) is 30.8 Å². The van der Waals surface area contributed by atoms with E-state index in [4.69, 9.17) is 4.74 Å². The van der Waals surface area contributed by atoms with Gasteiger partial charge in [0.15, 0.2) is 0 Å². The number of hydrogen-bond donors (Lipinski definition) is 0. The van der Waals surface area contributed by atoms with Crippen LogP contribution in [0.15, 0.2) is 85.0 Å². The van der Waals surface area contributed by atoms with E-state index in [1.807, 2.05) is 25.0 Å². The number of esters is 1.